The van der Waals surface area contributed by atoms with E-state index in [0.29, 0.717) is 16.6 Å². The van der Waals surface area contributed by atoms with Crippen LogP contribution in [0.1, 0.15) is 23.1 Å². The van der Waals surface area contributed by atoms with Crippen molar-refractivity contribution in [3.63, 3.8) is 0 Å². The molecule has 0 amide bonds. The van der Waals surface area contributed by atoms with Gasteiger partial charge in [-0.1, -0.05) is 30.3 Å². The van der Waals surface area contributed by atoms with Gasteiger partial charge in [-0.2, -0.15) is 0 Å². The number of hydrogen-bond donors (Lipinski definition) is 1. The first-order valence-corrected chi connectivity index (χ1v) is 9.82. The van der Waals surface area contributed by atoms with Crippen LogP contribution in [0.2, 0.25) is 0 Å². The van der Waals surface area contributed by atoms with E-state index in [9.17, 15) is 14.3 Å². The summed E-state index contributed by atoms with van der Waals surface area (Å²) in [5.41, 5.74) is 2.42. The number of nitrogens with zero attached hydrogens (tertiary/aromatic N) is 2. The number of aliphatic hydroxyl groups excluding tert-OH is 1. The van der Waals surface area contributed by atoms with Gasteiger partial charge in [0.05, 0.1) is 16.6 Å². The van der Waals surface area contributed by atoms with Gasteiger partial charge in [0.2, 0.25) is 0 Å². The van der Waals surface area contributed by atoms with Crippen molar-refractivity contribution in [2.24, 2.45) is 0 Å². The Hall–Kier alpha value is -2.96. The molecule has 4 aromatic rings. The normalized spacial score (nSPS) is 14.9. The summed E-state index contributed by atoms with van der Waals surface area (Å²) >= 11 is 1.66. The highest BCUT2D eigenvalue weighted by molar-refractivity contribution is 7.98. The van der Waals surface area contributed by atoms with Gasteiger partial charge in [-0.3, -0.25) is 9.36 Å². The van der Waals surface area contributed by atoms with Crippen molar-refractivity contribution >= 4 is 22.7 Å². The summed E-state index contributed by atoms with van der Waals surface area (Å²) in [4.78, 5) is 18.3. The number of fused-ring (bicyclic) bond motifs is 4. The molecule has 1 atom stereocenters. The van der Waals surface area contributed by atoms with E-state index in [0.717, 1.165) is 10.6 Å². The van der Waals surface area contributed by atoms with Gasteiger partial charge in [-0.05, 0) is 35.9 Å². The molecule has 1 aromatic heterocycles. The number of thioether (sulfide) groups is 1. The molecule has 4 nitrogen and oxygen atoms in total. The molecule has 1 aliphatic rings. The quantitative estimate of drug-likeness (QED) is 0.533. The van der Waals surface area contributed by atoms with Crippen LogP contribution in [0.5, 0.6) is 0 Å². The zero-order valence-electron chi connectivity index (χ0n) is 14.7. The van der Waals surface area contributed by atoms with Gasteiger partial charge >= 0.3 is 0 Å². The summed E-state index contributed by atoms with van der Waals surface area (Å²) < 4.78 is 15.0. The van der Waals surface area contributed by atoms with Crippen LogP contribution in [0.25, 0.3) is 16.6 Å². The van der Waals surface area contributed by atoms with Gasteiger partial charge in [0.15, 0.2) is 5.82 Å². The summed E-state index contributed by atoms with van der Waals surface area (Å²) in [6.45, 7) is 0. The minimum atomic E-state index is -1.02. The van der Waals surface area contributed by atoms with Crippen LogP contribution in [0, 0.1) is 5.82 Å². The smallest absolute Gasteiger partial charge is 0.266 e. The lowest BCUT2D eigenvalue weighted by molar-refractivity contribution is 0.216. The Bertz CT molecular complexity index is 1270. The predicted molar refractivity (Wildman–Crippen MR) is 107 cm³/mol. The third kappa shape index (κ3) is 2.73. The molecule has 2 heterocycles. The molecule has 28 heavy (non-hydrogen) atoms. The summed E-state index contributed by atoms with van der Waals surface area (Å²) in [5.74, 6) is 0.571. The van der Waals surface area contributed by atoms with E-state index >= 15 is 0 Å². The Labute approximate surface area is 164 Å². The summed E-state index contributed by atoms with van der Waals surface area (Å²) in [6.07, 6.45) is -1.02. The molecule has 0 saturated carbocycles. The van der Waals surface area contributed by atoms with Crippen molar-refractivity contribution in [2.45, 2.75) is 16.8 Å². The Kier molecular flexibility index (Phi) is 4.03. The fraction of sp³-hybridized carbons (Fsp3) is 0.0909. The highest BCUT2D eigenvalue weighted by atomic mass is 32.2. The van der Waals surface area contributed by atoms with Gasteiger partial charge in [0.25, 0.3) is 5.56 Å². The third-order valence-corrected chi connectivity index (χ3v) is 5.95. The van der Waals surface area contributed by atoms with E-state index in [1.54, 1.807) is 11.8 Å². The van der Waals surface area contributed by atoms with E-state index in [2.05, 4.69) is 17.1 Å². The lowest BCUT2D eigenvalue weighted by Gasteiger charge is -2.07. The first kappa shape index (κ1) is 17.2. The van der Waals surface area contributed by atoms with Crippen LogP contribution in [-0.2, 0) is 5.75 Å². The molecule has 6 heteroatoms. The molecule has 0 fully saturated rings. The third-order valence-electron chi connectivity index (χ3n) is 4.88. The van der Waals surface area contributed by atoms with E-state index in [1.807, 2.05) is 36.4 Å². The monoisotopic (exact) mass is 390 g/mol. The number of benzene rings is 3. The van der Waals surface area contributed by atoms with E-state index in [4.69, 9.17) is 0 Å². The fourth-order valence-electron chi connectivity index (χ4n) is 3.52. The minimum absolute atomic E-state index is 0.225. The molecule has 0 radical (unpaired) electrons. The molecule has 5 rings (SSSR count). The Morgan fingerprint density at radius 2 is 1.89 bits per heavy atom. The van der Waals surface area contributed by atoms with Crippen LogP contribution in [0.4, 0.5) is 4.39 Å². The van der Waals surface area contributed by atoms with Crippen LogP contribution >= 0.6 is 11.8 Å². The predicted octanol–water partition coefficient (Wildman–Crippen LogP) is 4.21. The van der Waals surface area contributed by atoms with Crippen LogP contribution in [0.15, 0.2) is 76.4 Å². The van der Waals surface area contributed by atoms with E-state index in [1.165, 1.54) is 28.3 Å². The maximum absolute atomic E-state index is 13.5. The second kappa shape index (κ2) is 6.58. The molecule has 3 aromatic carbocycles. The standard InChI is InChI=1S/C22H15FN2O2S/c23-14-6-8-16-18(10-14)24-21-20(26)17-11-15(7-9-19(17)25(21)22(16)27)28-12-13-4-2-1-3-5-13/h1-11,20,26H,12H2. The fourth-order valence-corrected chi connectivity index (χ4v) is 4.42. The number of hydrogen-bond acceptors (Lipinski definition) is 4. The molecule has 1 unspecified atom stereocenters. The highest BCUT2D eigenvalue weighted by Crippen LogP contribution is 2.37. The van der Waals surface area contributed by atoms with Crippen LogP contribution in [-0.4, -0.2) is 14.7 Å². The summed E-state index contributed by atoms with van der Waals surface area (Å²) in [6, 6.07) is 19.7. The van der Waals surface area contributed by atoms with Crippen molar-refractivity contribution in [1.29, 1.82) is 0 Å². The maximum Gasteiger partial charge on any atom is 0.266 e. The Morgan fingerprint density at radius 3 is 2.71 bits per heavy atom. The zero-order chi connectivity index (χ0) is 19.3. The van der Waals surface area contributed by atoms with Crippen molar-refractivity contribution < 1.29 is 9.50 Å². The number of halogens is 1. The summed E-state index contributed by atoms with van der Waals surface area (Å²) in [5, 5.41) is 11.1. The van der Waals surface area contributed by atoms with Crippen molar-refractivity contribution in [3.05, 3.63) is 99.9 Å². The first-order chi connectivity index (χ1) is 13.6. The average molecular weight is 390 g/mol. The molecule has 0 saturated heterocycles. The largest absolute Gasteiger partial charge is 0.380 e. The minimum Gasteiger partial charge on any atom is -0.380 e. The van der Waals surface area contributed by atoms with Gasteiger partial charge < -0.3 is 5.11 Å². The second-order valence-corrected chi connectivity index (χ2v) is 7.72. The van der Waals surface area contributed by atoms with Crippen molar-refractivity contribution in [3.8, 4) is 5.69 Å². The average Bonchev–Trinajstić information content (AvgIpc) is 2.99. The van der Waals surface area contributed by atoms with E-state index < -0.39 is 11.9 Å². The first-order valence-electron chi connectivity index (χ1n) is 8.83. The lowest BCUT2D eigenvalue weighted by atomic mass is 10.1. The Balaban J connectivity index is 1.56. The number of aromatic nitrogens is 2. The molecule has 0 spiro atoms. The van der Waals surface area contributed by atoms with Crippen LogP contribution in [0.3, 0.4) is 0 Å². The molecule has 138 valence electrons. The van der Waals surface area contributed by atoms with E-state index in [-0.39, 0.29) is 16.9 Å². The van der Waals surface area contributed by atoms with Gasteiger partial charge in [-0.25, -0.2) is 9.37 Å². The molecular weight excluding hydrogens is 375 g/mol. The molecule has 1 N–H and O–H groups in total. The maximum atomic E-state index is 13.5. The molecule has 0 aliphatic carbocycles. The molecular formula is C22H15FN2O2S. The van der Waals surface area contributed by atoms with Crippen molar-refractivity contribution in [2.75, 3.05) is 0 Å². The van der Waals surface area contributed by atoms with Crippen LogP contribution < -0.4 is 5.56 Å². The van der Waals surface area contributed by atoms with Gasteiger partial charge in [0, 0.05) is 22.3 Å². The molecule has 0 bridgehead atoms. The van der Waals surface area contributed by atoms with Gasteiger partial charge in [-0.15, -0.1) is 11.8 Å². The zero-order valence-corrected chi connectivity index (χ0v) is 15.5. The molecule has 1 aliphatic heterocycles. The highest BCUT2D eigenvalue weighted by Gasteiger charge is 2.31. The second-order valence-electron chi connectivity index (χ2n) is 6.67. The Morgan fingerprint density at radius 1 is 1.07 bits per heavy atom. The van der Waals surface area contributed by atoms with Gasteiger partial charge in [0.1, 0.15) is 11.9 Å². The SMILES string of the molecule is O=c1c2ccc(F)cc2nc2n1-c1ccc(SCc3ccccc3)cc1C2O. The lowest BCUT2D eigenvalue weighted by Crippen LogP contribution is -2.21. The van der Waals surface area contributed by atoms with Crippen molar-refractivity contribution in [1.82, 2.24) is 9.55 Å². The number of rotatable bonds is 3. The topological polar surface area (TPSA) is 55.1 Å². The summed E-state index contributed by atoms with van der Waals surface area (Å²) in [7, 11) is 0. The number of aliphatic hydroxyl groups is 1.